The van der Waals surface area contributed by atoms with Crippen molar-refractivity contribution in [3.8, 4) is 0 Å². The summed E-state index contributed by atoms with van der Waals surface area (Å²) in [6, 6.07) is 0. The van der Waals surface area contributed by atoms with Crippen molar-refractivity contribution in [2.45, 2.75) is 207 Å². The van der Waals surface area contributed by atoms with E-state index in [9.17, 15) is 14.4 Å². The molecule has 0 amide bonds. The van der Waals surface area contributed by atoms with Crippen LogP contribution in [0.2, 0.25) is 0 Å². The molecule has 0 aliphatic heterocycles. The molecule has 1 atom stereocenters. The van der Waals surface area contributed by atoms with Crippen LogP contribution < -0.4 is 0 Å². The fourth-order valence-electron chi connectivity index (χ4n) is 5.94. The molecule has 0 saturated heterocycles. The zero-order chi connectivity index (χ0) is 41.5. The Labute approximate surface area is 350 Å². The maximum absolute atomic E-state index is 12.7. The lowest BCUT2D eigenvalue weighted by Gasteiger charge is -2.18. The fourth-order valence-corrected chi connectivity index (χ4v) is 5.94. The molecule has 0 aromatic heterocycles. The van der Waals surface area contributed by atoms with Gasteiger partial charge in [0.25, 0.3) is 0 Å². The summed E-state index contributed by atoms with van der Waals surface area (Å²) in [5.74, 6) is -0.966. The van der Waals surface area contributed by atoms with E-state index in [1.165, 1.54) is 38.5 Å². The number of hydrogen-bond acceptors (Lipinski definition) is 6. The minimum atomic E-state index is -0.799. The van der Waals surface area contributed by atoms with Crippen LogP contribution in [0, 0.1) is 0 Å². The minimum absolute atomic E-state index is 0.101. The van der Waals surface area contributed by atoms with E-state index in [0.717, 1.165) is 122 Å². The molecule has 324 valence electrons. The van der Waals surface area contributed by atoms with Gasteiger partial charge in [0.1, 0.15) is 13.2 Å². The summed E-state index contributed by atoms with van der Waals surface area (Å²) < 4.78 is 16.7. The van der Waals surface area contributed by atoms with Crippen LogP contribution >= 0.6 is 0 Å². The van der Waals surface area contributed by atoms with E-state index in [-0.39, 0.29) is 31.1 Å². The third-order valence-electron chi connectivity index (χ3n) is 9.39. The van der Waals surface area contributed by atoms with Crippen LogP contribution in [0.3, 0.4) is 0 Å². The summed E-state index contributed by atoms with van der Waals surface area (Å²) in [6.07, 6.45) is 57.1. The Kier molecular flexibility index (Phi) is 42.6. The Morgan fingerprint density at radius 2 is 0.737 bits per heavy atom. The molecule has 0 fully saturated rings. The lowest BCUT2D eigenvalue weighted by molar-refractivity contribution is -0.167. The number of unbranched alkanes of at least 4 members (excludes halogenated alkanes) is 16. The maximum Gasteiger partial charge on any atom is 0.306 e. The molecule has 0 spiro atoms. The van der Waals surface area contributed by atoms with Crippen molar-refractivity contribution < 1.29 is 28.6 Å². The topological polar surface area (TPSA) is 78.9 Å². The zero-order valence-electron chi connectivity index (χ0n) is 36.8. The van der Waals surface area contributed by atoms with Gasteiger partial charge in [-0.3, -0.25) is 14.4 Å². The van der Waals surface area contributed by atoms with Crippen LogP contribution in [-0.4, -0.2) is 37.2 Å². The summed E-state index contributed by atoms with van der Waals surface area (Å²) in [7, 11) is 0. The van der Waals surface area contributed by atoms with Crippen LogP contribution in [0.4, 0.5) is 0 Å². The second-order valence-electron chi connectivity index (χ2n) is 14.9. The molecule has 0 bridgehead atoms. The lowest BCUT2D eigenvalue weighted by Crippen LogP contribution is -2.30. The highest BCUT2D eigenvalue weighted by atomic mass is 16.6. The van der Waals surface area contributed by atoms with Crippen molar-refractivity contribution in [2.24, 2.45) is 0 Å². The molecule has 1 unspecified atom stereocenters. The highest BCUT2D eigenvalue weighted by Crippen LogP contribution is 2.13. The third-order valence-corrected chi connectivity index (χ3v) is 9.39. The van der Waals surface area contributed by atoms with Gasteiger partial charge in [0.15, 0.2) is 6.10 Å². The predicted molar refractivity (Wildman–Crippen MR) is 242 cm³/mol. The van der Waals surface area contributed by atoms with E-state index < -0.39 is 6.10 Å². The molecule has 0 aliphatic carbocycles. The third kappa shape index (κ3) is 43.6. The van der Waals surface area contributed by atoms with E-state index in [4.69, 9.17) is 14.2 Å². The van der Waals surface area contributed by atoms with Gasteiger partial charge in [-0.15, -0.1) is 0 Å². The van der Waals surface area contributed by atoms with Gasteiger partial charge in [-0.05, 0) is 96.3 Å². The van der Waals surface area contributed by atoms with Crippen molar-refractivity contribution >= 4 is 17.9 Å². The molecule has 0 aliphatic rings. The van der Waals surface area contributed by atoms with Gasteiger partial charge >= 0.3 is 17.9 Å². The average Bonchev–Trinajstić information content (AvgIpc) is 3.21. The van der Waals surface area contributed by atoms with Crippen LogP contribution in [0.15, 0.2) is 85.1 Å². The number of ether oxygens (including phenoxy) is 3. The van der Waals surface area contributed by atoms with Crippen LogP contribution in [-0.2, 0) is 28.6 Å². The maximum atomic E-state index is 12.7. The van der Waals surface area contributed by atoms with Crippen molar-refractivity contribution in [2.75, 3.05) is 13.2 Å². The lowest BCUT2D eigenvalue weighted by atomic mass is 10.1. The van der Waals surface area contributed by atoms with E-state index in [1.54, 1.807) is 0 Å². The van der Waals surface area contributed by atoms with Gasteiger partial charge in [0, 0.05) is 19.3 Å². The molecular weight excluding hydrogens is 709 g/mol. The molecule has 0 radical (unpaired) electrons. The molecule has 0 N–H and O–H groups in total. The van der Waals surface area contributed by atoms with Crippen molar-refractivity contribution in [1.29, 1.82) is 0 Å². The summed E-state index contributed by atoms with van der Waals surface area (Å²) in [6.45, 7) is 6.29. The van der Waals surface area contributed by atoms with Gasteiger partial charge in [-0.1, -0.05) is 170 Å². The molecule has 57 heavy (non-hydrogen) atoms. The SMILES string of the molecule is CC/C=C\C/C=C\C/C=C\CCCCCCC(=O)OCC(COC(=O)CCCCC/C=C\C=C/CCCC)OC(=O)CCCCCCCCC/C=C\C/C=C\CC. The Balaban J connectivity index is 4.47. The average molecular weight is 793 g/mol. The number of rotatable bonds is 40. The van der Waals surface area contributed by atoms with E-state index in [0.29, 0.717) is 19.3 Å². The first-order valence-electron chi connectivity index (χ1n) is 23.1. The standard InChI is InChI=1S/C51H84O6/c1-4-7-10-13-16-19-22-24-26-29-32-35-38-41-44-50(53)56-47-48(46-55-49(52)43-40-37-34-31-28-21-18-15-12-9-6-3)57-51(54)45-42-39-36-33-30-27-25-23-20-17-14-11-8-5-2/h7-8,10-11,15-21,24,26,28,48H,4-6,9,12-14,22-23,25,27,29-47H2,1-3H3/b10-7-,11-8-,18-15-,19-16-,20-17-,26-24-,28-21-. The summed E-state index contributed by atoms with van der Waals surface area (Å²) >= 11 is 0. The Bertz CT molecular complexity index is 1140. The highest BCUT2D eigenvalue weighted by molar-refractivity contribution is 5.71. The van der Waals surface area contributed by atoms with Crippen molar-refractivity contribution in [3.63, 3.8) is 0 Å². The summed E-state index contributed by atoms with van der Waals surface area (Å²) in [5.41, 5.74) is 0. The number of hydrogen-bond donors (Lipinski definition) is 0. The number of carbonyl (C=O) groups is 3. The molecular formula is C51H84O6. The first-order chi connectivity index (χ1) is 28.0. The van der Waals surface area contributed by atoms with E-state index >= 15 is 0 Å². The predicted octanol–water partition coefficient (Wildman–Crippen LogP) is 14.9. The molecule has 0 saturated carbocycles. The Morgan fingerprint density at radius 3 is 1.19 bits per heavy atom. The highest BCUT2D eigenvalue weighted by Gasteiger charge is 2.19. The van der Waals surface area contributed by atoms with Gasteiger partial charge in [-0.25, -0.2) is 0 Å². The van der Waals surface area contributed by atoms with Gasteiger partial charge in [0.2, 0.25) is 0 Å². The van der Waals surface area contributed by atoms with Gasteiger partial charge in [0.05, 0.1) is 0 Å². The Hall–Kier alpha value is -3.41. The van der Waals surface area contributed by atoms with Crippen LogP contribution in [0.25, 0.3) is 0 Å². The smallest absolute Gasteiger partial charge is 0.306 e. The number of carbonyl (C=O) groups excluding carboxylic acids is 3. The Morgan fingerprint density at radius 1 is 0.386 bits per heavy atom. The second kappa shape index (κ2) is 45.3. The molecule has 0 aromatic rings. The number of allylic oxidation sites excluding steroid dienone is 14. The summed E-state index contributed by atoms with van der Waals surface area (Å²) in [5, 5.41) is 0. The quantitative estimate of drug-likeness (QED) is 0.0202. The normalized spacial score (nSPS) is 12.8. The summed E-state index contributed by atoms with van der Waals surface area (Å²) in [4.78, 5) is 37.8. The zero-order valence-corrected chi connectivity index (χ0v) is 36.8. The molecule has 0 heterocycles. The molecule has 0 aromatic carbocycles. The second-order valence-corrected chi connectivity index (χ2v) is 14.9. The van der Waals surface area contributed by atoms with Crippen LogP contribution in [0.1, 0.15) is 201 Å². The van der Waals surface area contributed by atoms with Crippen LogP contribution in [0.5, 0.6) is 0 Å². The first kappa shape index (κ1) is 53.6. The number of esters is 3. The first-order valence-corrected chi connectivity index (χ1v) is 23.1. The van der Waals surface area contributed by atoms with Crippen molar-refractivity contribution in [1.82, 2.24) is 0 Å². The minimum Gasteiger partial charge on any atom is -0.462 e. The van der Waals surface area contributed by atoms with Gasteiger partial charge in [-0.2, -0.15) is 0 Å². The van der Waals surface area contributed by atoms with Crippen molar-refractivity contribution in [3.05, 3.63) is 85.1 Å². The van der Waals surface area contributed by atoms with Gasteiger partial charge < -0.3 is 14.2 Å². The fraction of sp³-hybridized carbons (Fsp3) is 0.667. The largest absolute Gasteiger partial charge is 0.462 e. The van der Waals surface area contributed by atoms with E-state index in [2.05, 4.69) is 106 Å². The molecule has 0 rings (SSSR count). The monoisotopic (exact) mass is 793 g/mol. The molecule has 6 nitrogen and oxygen atoms in total. The van der Waals surface area contributed by atoms with E-state index in [1.807, 2.05) is 0 Å². The molecule has 6 heteroatoms.